The Morgan fingerprint density at radius 3 is 2.81 bits per heavy atom. The predicted octanol–water partition coefficient (Wildman–Crippen LogP) is 4.38. The number of benzene rings is 1. The fourth-order valence-corrected chi connectivity index (χ4v) is 4.10. The van der Waals surface area contributed by atoms with Crippen LogP contribution in [0.1, 0.15) is 52.0 Å². The molecular weight excluding hydrogens is 320 g/mol. The van der Waals surface area contributed by atoms with Crippen molar-refractivity contribution in [2.45, 2.75) is 58.5 Å². The first kappa shape index (κ1) is 17.3. The zero-order valence-corrected chi connectivity index (χ0v) is 16.1. The maximum absolute atomic E-state index is 4.30. The van der Waals surface area contributed by atoms with Crippen LogP contribution in [0.3, 0.4) is 0 Å². The van der Waals surface area contributed by atoms with E-state index < -0.39 is 0 Å². The molecule has 2 aliphatic rings. The smallest absolute Gasteiger partial charge is 0.0931 e. The quantitative estimate of drug-likeness (QED) is 0.767. The van der Waals surface area contributed by atoms with Gasteiger partial charge in [0.15, 0.2) is 0 Å². The summed E-state index contributed by atoms with van der Waals surface area (Å²) < 4.78 is 0. The second-order valence-electron chi connectivity index (χ2n) is 8.69. The molecule has 4 nitrogen and oxygen atoms in total. The van der Waals surface area contributed by atoms with Gasteiger partial charge in [-0.05, 0) is 66.9 Å². The lowest BCUT2D eigenvalue weighted by Gasteiger charge is -2.35. The summed E-state index contributed by atoms with van der Waals surface area (Å²) in [5.74, 6) is 0. The lowest BCUT2D eigenvalue weighted by molar-refractivity contribution is 0.205. The van der Waals surface area contributed by atoms with Crippen LogP contribution in [0.25, 0.3) is 16.6 Å². The number of rotatable bonds is 4. The molecule has 1 aromatic carbocycles. The van der Waals surface area contributed by atoms with Crippen LogP contribution in [0.5, 0.6) is 0 Å². The van der Waals surface area contributed by atoms with Gasteiger partial charge >= 0.3 is 0 Å². The lowest BCUT2D eigenvalue weighted by atomic mass is 9.75. The minimum atomic E-state index is 0.379. The Labute approximate surface area is 156 Å². The van der Waals surface area contributed by atoms with Crippen molar-refractivity contribution in [2.24, 2.45) is 5.41 Å². The van der Waals surface area contributed by atoms with Crippen molar-refractivity contribution in [3.63, 3.8) is 0 Å². The summed E-state index contributed by atoms with van der Waals surface area (Å²) in [5.41, 5.74) is 6.46. The van der Waals surface area contributed by atoms with Crippen molar-refractivity contribution in [2.75, 3.05) is 6.54 Å². The third kappa shape index (κ3) is 3.70. The Kier molecular flexibility index (Phi) is 4.62. The highest BCUT2D eigenvalue weighted by atomic mass is 15.0. The Bertz CT molecular complexity index is 833. The molecule has 1 saturated carbocycles. The van der Waals surface area contributed by atoms with Gasteiger partial charge in [0, 0.05) is 18.8 Å². The molecule has 0 spiro atoms. The maximum Gasteiger partial charge on any atom is 0.0931 e. The first-order valence-electron chi connectivity index (χ1n) is 9.81. The highest BCUT2D eigenvalue weighted by Crippen LogP contribution is 2.35. The molecule has 1 aromatic heterocycles. The van der Waals surface area contributed by atoms with Gasteiger partial charge in [-0.1, -0.05) is 26.0 Å². The molecule has 138 valence electrons. The van der Waals surface area contributed by atoms with Crippen LogP contribution < -0.4 is 10.6 Å². The third-order valence-electron chi connectivity index (χ3n) is 6.08. The zero-order valence-electron chi connectivity index (χ0n) is 16.1. The van der Waals surface area contributed by atoms with Crippen LogP contribution in [-0.2, 0) is 0 Å². The highest BCUT2D eigenvalue weighted by molar-refractivity contribution is 5.84. The van der Waals surface area contributed by atoms with Crippen molar-refractivity contribution in [3.8, 4) is 0 Å². The standard InChI is InChI=1S/C22H30N4/c1-15-10-17(16-4-5-19-20(11-16)26-14-25-19)12-24-21(15)13-23-18-6-8-22(2,3)9-7-18/h4-5,10-12,14,18,21,23-24H,6-9,13H2,1-3H3,(H,25,26). The number of nitrogens with one attached hydrogen (secondary N) is 3. The van der Waals surface area contributed by atoms with Gasteiger partial charge in [0.1, 0.15) is 0 Å². The van der Waals surface area contributed by atoms with Crippen LogP contribution in [0, 0.1) is 5.41 Å². The van der Waals surface area contributed by atoms with E-state index in [1.54, 1.807) is 6.33 Å². The lowest BCUT2D eigenvalue weighted by Crippen LogP contribution is -2.44. The Morgan fingerprint density at radius 2 is 2.04 bits per heavy atom. The van der Waals surface area contributed by atoms with Gasteiger partial charge in [0.05, 0.1) is 23.4 Å². The summed E-state index contributed by atoms with van der Waals surface area (Å²) in [5, 5.41) is 7.39. The molecule has 4 heteroatoms. The van der Waals surface area contributed by atoms with Crippen LogP contribution in [0.15, 0.2) is 42.4 Å². The van der Waals surface area contributed by atoms with E-state index in [0.717, 1.165) is 17.6 Å². The number of hydrogen-bond acceptors (Lipinski definition) is 3. The van der Waals surface area contributed by atoms with Gasteiger partial charge in [0.2, 0.25) is 0 Å². The number of nitrogens with zero attached hydrogens (tertiary/aromatic N) is 1. The summed E-state index contributed by atoms with van der Waals surface area (Å²) >= 11 is 0. The number of H-pyrrole nitrogens is 1. The van der Waals surface area contributed by atoms with E-state index in [1.165, 1.54) is 42.4 Å². The molecule has 0 amide bonds. The van der Waals surface area contributed by atoms with E-state index in [4.69, 9.17) is 0 Å². The molecule has 2 heterocycles. The van der Waals surface area contributed by atoms with E-state index in [-0.39, 0.29) is 0 Å². The molecule has 0 radical (unpaired) electrons. The van der Waals surface area contributed by atoms with Crippen LogP contribution in [0.2, 0.25) is 0 Å². The first-order chi connectivity index (χ1) is 12.5. The average molecular weight is 351 g/mol. The molecule has 0 bridgehead atoms. The molecule has 3 N–H and O–H groups in total. The number of imidazole rings is 1. The van der Waals surface area contributed by atoms with E-state index in [2.05, 4.69) is 71.8 Å². The minimum absolute atomic E-state index is 0.379. The second-order valence-corrected chi connectivity index (χ2v) is 8.69. The summed E-state index contributed by atoms with van der Waals surface area (Å²) in [7, 11) is 0. The minimum Gasteiger partial charge on any atom is -0.383 e. The monoisotopic (exact) mass is 350 g/mol. The molecule has 1 aliphatic heterocycles. The van der Waals surface area contributed by atoms with Crippen LogP contribution in [-0.4, -0.2) is 28.6 Å². The van der Waals surface area contributed by atoms with Gasteiger partial charge in [-0.25, -0.2) is 4.98 Å². The van der Waals surface area contributed by atoms with E-state index >= 15 is 0 Å². The molecule has 2 aromatic rings. The van der Waals surface area contributed by atoms with Crippen LogP contribution in [0.4, 0.5) is 0 Å². The maximum atomic E-state index is 4.30. The summed E-state index contributed by atoms with van der Waals surface area (Å²) in [6.45, 7) is 8.01. The normalized spacial score (nSPS) is 23.4. The number of aromatic amines is 1. The van der Waals surface area contributed by atoms with Crippen molar-refractivity contribution >= 4 is 16.6 Å². The number of allylic oxidation sites excluding steroid dienone is 2. The van der Waals surface area contributed by atoms with Gasteiger partial charge < -0.3 is 15.6 Å². The third-order valence-corrected chi connectivity index (χ3v) is 6.08. The summed E-state index contributed by atoms with van der Waals surface area (Å²) in [6.07, 6.45) is 11.5. The number of hydrogen-bond donors (Lipinski definition) is 3. The highest BCUT2D eigenvalue weighted by Gasteiger charge is 2.27. The topological polar surface area (TPSA) is 52.7 Å². The van der Waals surface area contributed by atoms with Gasteiger partial charge in [-0.2, -0.15) is 0 Å². The van der Waals surface area contributed by atoms with Crippen LogP contribution >= 0.6 is 0 Å². The predicted molar refractivity (Wildman–Crippen MR) is 109 cm³/mol. The summed E-state index contributed by atoms with van der Waals surface area (Å²) in [6, 6.07) is 7.43. The number of fused-ring (bicyclic) bond motifs is 1. The van der Waals surface area contributed by atoms with Gasteiger partial charge in [0.25, 0.3) is 0 Å². The molecular formula is C22H30N4. The molecule has 4 rings (SSSR count). The van der Waals surface area contributed by atoms with Crippen molar-refractivity contribution in [3.05, 3.63) is 47.9 Å². The Balaban J connectivity index is 1.36. The molecule has 1 atom stereocenters. The molecule has 0 saturated heterocycles. The van der Waals surface area contributed by atoms with E-state index in [9.17, 15) is 0 Å². The molecule has 1 unspecified atom stereocenters. The SMILES string of the molecule is CC1=CC(c2ccc3nc[nH]c3c2)=CNC1CNC1CCC(C)(C)CC1. The van der Waals surface area contributed by atoms with E-state index in [0.29, 0.717) is 17.5 Å². The number of aromatic nitrogens is 2. The van der Waals surface area contributed by atoms with Gasteiger partial charge in [-0.3, -0.25) is 0 Å². The average Bonchev–Trinajstić information content (AvgIpc) is 3.09. The zero-order chi connectivity index (χ0) is 18.1. The Hall–Kier alpha value is -2.07. The fraction of sp³-hybridized carbons (Fsp3) is 0.500. The fourth-order valence-electron chi connectivity index (χ4n) is 4.10. The summed E-state index contributed by atoms with van der Waals surface area (Å²) in [4.78, 5) is 7.49. The molecule has 1 fully saturated rings. The number of dihydropyridines is 1. The van der Waals surface area contributed by atoms with E-state index in [1.807, 2.05) is 0 Å². The largest absolute Gasteiger partial charge is 0.383 e. The first-order valence-corrected chi connectivity index (χ1v) is 9.81. The Morgan fingerprint density at radius 1 is 1.23 bits per heavy atom. The van der Waals surface area contributed by atoms with Crippen molar-refractivity contribution in [1.82, 2.24) is 20.6 Å². The van der Waals surface area contributed by atoms with Gasteiger partial charge in [-0.15, -0.1) is 0 Å². The second kappa shape index (κ2) is 6.92. The van der Waals surface area contributed by atoms with Crippen molar-refractivity contribution < 1.29 is 0 Å². The molecule has 1 aliphatic carbocycles. The molecule has 26 heavy (non-hydrogen) atoms. The van der Waals surface area contributed by atoms with Crippen molar-refractivity contribution in [1.29, 1.82) is 0 Å².